The Bertz CT molecular complexity index is 1300. The molecule has 8 heteroatoms. The number of nitrogens with zero attached hydrogens (tertiary/aromatic N) is 6. The van der Waals surface area contributed by atoms with Gasteiger partial charge in [0.15, 0.2) is 11.5 Å². The number of hydrogen-bond donors (Lipinski definition) is 1. The topological polar surface area (TPSA) is 81.2 Å². The first-order chi connectivity index (χ1) is 15.5. The number of aliphatic hydroxyl groups is 1. The van der Waals surface area contributed by atoms with Gasteiger partial charge >= 0.3 is 0 Å². The summed E-state index contributed by atoms with van der Waals surface area (Å²) in [7, 11) is 2.04. The lowest BCUT2D eigenvalue weighted by atomic mass is 9.77. The lowest BCUT2D eigenvalue weighted by molar-refractivity contribution is 0.0975. The van der Waals surface area contributed by atoms with Crippen molar-refractivity contribution in [3.63, 3.8) is 0 Å². The minimum Gasteiger partial charge on any atom is -0.390 e. The van der Waals surface area contributed by atoms with E-state index in [1.54, 1.807) is 10.9 Å². The van der Waals surface area contributed by atoms with E-state index in [4.69, 9.17) is 14.7 Å². The van der Waals surface area contributed by atoms with Crippen LogP contribution in [0.5, 0.6) is 0 Å². The van der Waals surface area contributed by atoms with E-state index in [9.17, 15) is 5.11 Å². The molecule has 166 valence electrons. The minimum absolute atomic E-state index is 0.150. The molecule has 32 heavy (non-hydrogen) atoms. The number of aliphatic hydroxyl groups excluding tert-OH is 1. The molecule has 8 nitrogen and oxygen atoms in total. The van der Waals surface area contributed by atoms with Crippen LogP contribution in [-0.2, 0) is 18.4 Å². The van der Waals surface area contributed by atoms with E-state index in [0.29, 0.717) is 22.9 Å². The second-order valence-corrected chi connectivity index (χ2v) is 9.40. The molecule has 6 rings (SSSR count). The third-order valence-electron chi connectivity index (χ3n) is 7.23. The summed E-state index contributed by atoms with van der Waals surface area (Å²) in [6.45, 7) is 4.68. The Hall–Kier alpha value is -2.97. The van der Waals surface area contributed by atoms with Gasteiger partial charge in [0.1, 0.15) is 11.2 Å². The van der Waals surface area contributed by atoms with E-state index in [1.165, 1.54) is 5.52 Å². The largest absolute Gasteiger partial charge is 0.390 e. The van der Waals surface area contributed by atoms with Crippen molar-refractivity contribution in [1.29, 1.82) is 0 Å². The molecule has 1 spiro atoms. The molecule has 3 aromatic heterocycles. The summed E-state index contributed by atoms with van der Waals surface area (Å²) in [5.41, 5.74) is 4.41. The van der Waals surface area contributed by atoms with Crippen molar-refractivity contribution in [1.82, 2.24) is 24.3 Å². The lowest BCUT2D eigenvalue weighted by Gasteiger charge is -2.39. The van der Waals surface area contributed by atoms with E-state index in [-0.39, 0.29) is 6.61 Å². The minimum atomic E-state index is -0.150. The number of anilines is 1. The van der Waals surface area contributed by atoms with Gasteiger partial charge in [-0.3, -0.25) is 0 Å². The molecule has 0 amide bonds. The van der Waals surface area contributed by atoms with Crippen LogP contribution < -0.4 is 4.90 Å². The molecule has 1 atom stereocenters. The quantitative estimate of drug-likeness (QED) is 0.536. The molecular weight excluding hydrogens is 404 g/mol. The van der Waals surface area contributed by atoms with Crippen molar-refractivity contribution < 1.29 is 9.84 Å². The van der Waals surface area contributed by atoms with E-state index in [1.807, 2.05) is 19.3 Å². The highest BCUT2D eigenvalue weighted by atomic mass is 16.5. The number of ether oxygens (including phenoxy) is 1. The fourth-order valence-electron chi connectivity index (χ4n) is 5.41. The third kappa shape index (κ3) is 3.09. The summed E-state index contributed by atoms with van der Waals surface area (Å²) in [6.07, 6.45) is 7.46. The summed E-state index contributed by atoms with van der Waals surface area (Å²) in [4.78, 5) is 12.0. The molecule has 0 bridgehead atoms. The van der Waals surface area contributed by atoms with Gasteiger partial charge < -0.3 is 19.3 Å². The number of aryl methyl sites for hydroxylation is 1. The van der Waals surface area contributed by atoms with Crippen LogP contribution in [0.25, 0.3) is 27.8 Å². The molecule has 2 saturated heterocycles. The molecule has 2 fully saturated rings. The highest BCUT2D eigenvalue weighted by molar-refractivity contribution is 5.83. The Morgan fingerprint density at radius 1 is 1.19 bits per heavy atom. The Labute approximate surface area is 186 Å². The molecule has 5 heterocycles. The van der Waals surface area contributed by atoms with Crippen LogP contribution in [-0.4, -0.2) is 55.2 Å². The van der Waals surface area contributed by atoms with Crippen molar-refractivity contribution in [2.45, 2.75) is 38.9 Å². The Balaban J connectivity index is 1.34. The highest BCUT2D eigenvalue weighted by Crippen LogP contribution is 2.42. The summed E-state index contributed by atoms with van der Waals surface area (Å²) in [5.74, 6) is 0.778. The van der Waals surface area contributed by atoms with Gasteiger partial charge in [0, 0.05) is 37.2 Å². The molecule has 2 aliphatic heterocycles. The number of piperidine rings is 1. The molecule has 0 aliphatic carbocycles. The van der Waals surface area contributed by atoms with Gasteiger partial charge in [-0.25, -0.2) is 14.6 Å². The summed E-state index contributed by atoms with van der Waals surface area (Å²) < 4.78 is 9.76. The fraction of sp³-hybridized carbons (Fsp3) is 0.458. The van der Waals surface area contributed by atoms with Crippen LogP contribution in [0.4, 0.5) is 5.82 Å². The zero-order chi connectivity index (χ0) is 21.9. The molecule has 4 aromatic rings. The van der Waals surface area contributed by atoms with Crippen molar-refractivity contribution in [3.8, 4) is 5.69 Å². The van der Waals surface area contributed by atoms with Gasteiger partial charge in [0.05, 0.1) is 31.2 Å². The summed E-state index contributed by atoms with van der Waals surface area (Å²) in [5, 5.41) is 15.8. The maximum atomic E-state index is 10.1. The smallest absolute Gasteiger partial charge is 0.182 e. The Morgan fingerprint density at radius 3 is 2.78 bits per heavy atom. The van der Waals surface area contributed by atoms with Crippen LogP contribution in [0, 0.1) is 5.41 Å². The molecule has 0 saturated carbocycles. The maximum absolute atomic E-state index is 10.1. The fourth-order valence-corrected chi connectivity index (χ4v) is 5.41. The first-order valence-corrected chi connectivity index (χ1v) is 11.3. The van der Waals surface area contributed by atoms with Crippen molar-refractivity contribution in [3.05, 3.63) is 42.4 Å². The first-order valence-electron chi connectivity index (χ1n) is 11.3. The Kier molecular flexibility index (Phi) is 4.48. The zero-order valence-corrected chi connectivity index (χ0v) is 18.5. The molecule has 0 radical (unpaired) electrons. The van der Waals surface area contributed by atoms with E-state index < -0.39 is 0 Å². The number of hydrogen-bond acceptors (Lipinski definition) is 6. The molecule has 2 aliphatic rings. The van der Waals surface area contributed by atoms with E-state index >= 15 is 0 Å². The van der Waals surface area contributed by atoms with Crippen molar-refractivity contribution in [2.24, 2.45) is 12.5 Å². The van der Waals surface area contributed by atoms with E-state index in [0.717, 1.165) is 61.4 Å². The van der Waals surface area contributed by atoms with Gasteiger partial charge in [-0.1, -0.05) is 0 Å². The SMILES string of the molecule is C[C@H]1CC2(CCN(c3nc4cnn(-c5ccc6c(ccn6C)c5)c4nc3CO)CC2)CO1. The van der Waals surface area contributed by atoms with Crippen LogP contribution in [0.15, 0.2) is 36.7 Å². The van der Waals surface area contributed by atoms with Gasteiger partial charge in [0.2, 0.25) is 0 Å². The summed E-state index contributed by atoms with van der Waals surface area (Å²) >= 11 is 0. The normalized spacial score (nSPS) is 20.7. The average Bonchev–Trinajstić information content (AvgIpc) is 3.50. The van der Waals surface area contributed by atoms with Crippen molar-refractivity contribution in [2.75, 3.05) is 24.6 Å². The lowest BCUT2D eigenvalue weighted by Crippen LogP contribution is -2.41. The van der Waals surface area contributed by atoms with E-state index in [2.05, 4.69) is 39.7 Å². The van der Waals surface area contributed by atoms with Crippen LogP contribution in [0.2, 0.25) is 0 Å². The molecule has 1 N–H and O–H groups in total. The monoisotopic (exact) mass is 432 g/mol. The molecule has 0 unspecified atom stereocenters. The number of rotatable bonds is 3. The van der Waals surface area contributed by atoms with Gasteiger partial charge in [0.25, 0.3) is 0 Å². The standard InChI is InChI=1S/C24H28N6O2/c1-16-12-24(15-32-16)6-9-29(10-7-24)22-20(14-31)27-23-19(26-22)13-25-30(23)18-3-4-21-17(11-18)5-8-28(21)2/h3-5,8,11,13,16,31H,6-7,9-10,12,14-15H2,1-2H3/t16-/m0/s1. The van der Waals surface area contributed by atoms with Gasteiger partial charge in [-0.05, 0) is 55.9 Å². The predicted octanol–water partition coefficient (Wildman–Crippen LogP) is 3.19. The second-order valence-electron chi connectivity index (χ2n) is 9.40. The van der Waals surface area contributed by atoms with Crippen LogP contribution >= 0.6 is 0 Å². The zero-order valence-electron chi connectivity index (χ0n) is 18.5. The number of benzene rings is 1. The predicted molar refractivity (Wildman–Crippen MR) is 123 cm³/mol. The highest BCUT2D eigenvalue weighted by Gasteiger charge is 2.41. The van der Waals surface area contributed by atoms with Gasteiger partial charge in [-0.15, -0.1) is 0 Å². The van der Waals surface area contributed by atoms with Crippen LogP contribution in [0.3, 0.4) is 0 Å². The summed E-state index contributed by atoms with van der Waals surface area (Å²) in [6, 6.07) is 8.32. The number of fused-ring (bicyclic) bond motifs is 2. The number of aromatic nitrogens is 5. The third-order valence-corrected chi connectivity index (χ3v) is 7.23. The first kappa shape index (κ1) is 19.7. The maximum Gasteiger partial charge on any atom is 0.182 e. The van der Waals surface area contributed by atoms with Gasteiger partial charge in [-0.2, -0.15) is 5.10 Å². The van der Waals surface area contributed by atoms with Crippen LogP contribution in [0.1, 0.15) is 31.9 Å². The average molecular weight is 433 g/mol. The molecule has 1 aromatic carbocycles. The second kappa shape index (κ2) is 7.28. The Morgan fingerprint density at radius 2 is 2.03 bits per heavy atom. The molecular formula is C24H28N6O2. The van der Waals surface area contributed by atoms with Crippen molar-refractivity contribution >= 4 is 27.9 Å².